The number of carbonyl (C=O) groups is 4. The van der Waals surface area contributed by atoms with Gasteiger partial charge in [0.15, 0.2) is 0 Å². The van der Waals surface area contributed by atoms with Gasteiger partial charge in [0.1, 0.15) is 16.8 Å². The maximum absolute atomic E-state index is 12.9. The van der Waals surface area contributed by atoms with E-state index in [0.29, 0.717) is 0 Å². The molecule has 0 aliphatic carbocycles. The highest BCUT2D eigenvalue weighted by Crippen LogP contribution is 2.29. The van der Waals surface area contributed by atoms with Crippen LogP contribution in [-0.2, 0) is 33.4 Å². The Morgan fingerprint density at radius 3 is 1.27 bits per heavy atom. The van der Waals surface area contributed by atoms with Crippen molar-refractivity contribution in [1.82, 2.24) is 0 Å². The van der Waals surface area contributed by atoms with E-state index in [0.717, 1.165) is 0 Å². The highest BCUT2D eigenvalue weighted by Gasteiger charge is 2.39. The van der Waals surface area contributed by atoms with E-state index in [-0.39, 0.29) is 25.7 Å². The van der Waals surface area contributed by atoms with Crippen LogP contribution < -0.4 is 0 Å². The molecule has 2 atom stereocenters. The van der Waals surface area contributed by atoms with E-state index < -0.39 is 52.5 Å². The van der Waals surface area contributed by atoms with Gasteiger partial charge >= 0.3 is 23.9 Å². The van der Waals surface area contributed by atoms with Crippen LogP contribution >= 0.6 is 0 Å². The first-order valence-electron chi connectivity index (χ1n) is 10.2. The molecule has 0 unspecified atom stereocenters. The van der Waals surface area contributed by atoms with Crippen LogP contribution in [0.3, 0.4) is 0 Å². The SMILES string of the molecule is CC(C)(C)OC(=O)CC[C@@H](C(=O)OC(C)(C)C)[C@H](CCC(=O)O)C(=O)OC(C)(C)C. The zero-order valence-electron chi connectivity index (χ0n) is 19.8. The molecule has 0 heterocycles. The predicted octanol–water partition coefficient (Wildman–Crippen LogP) is 3.89. The smallest absolute Gasteiger partial charge is 0.310 e. The number of hydrogen-bond donors (Lipinski definition) is 1. The third kappa shape index (κ3) is 13.2. The second-order valence-corrected chi connectivity index (χ2v) is 10.3. The predicted molar refractivity (Wildman–Crippen MR) is 111 cm³/mol. The summed E-state index contributed by atoms with van der Waals surface area (Å²) in [6.45, 7) is 15.3. The first kappa shape index (κ1) is 27.9. The van der Waals surface area contributed by atoms with Crippen LogP contribution in [0.25, 0.3) is 0 Å². The molecule has 0 aromatic heterocycles. The van der Waals surface area contributed by atoms with Crippen molar-refractivity contribution in [2.45, 2.75) is 105 Å². The summed E-state index contributed by atoms with van der Waals surface area (Å²) in [5.74, 6) is -5.07. The minimum absolute atomic E-state index is 0.0205. The molecule has 0 aromatic rings. The first-order valence-corrected chi connectivity index (χ1v) is 10.2. The molecule has 0 spiro atoms. The molecule has 0 rings (SSSR count). The van der Waals surface area contributed by atoms with Gasteiger partial charge in [-0.05, 0) is 75.2 Å². The van der Waals surface area contributed by atoms with E-state index >= 15 is 0 Å². The summed E-state index contributed by atoms with van der Waals surface area (Å²) in [6, 6.07) is 0. The van der Waals surface area contributed by atoms with E-state index in [1.54, 1.807) is 62.3 Å². The van der Waals surface area contributed by atoms with Gasteiger partial charge in [-0.15, -0.1) is 0 Å². The van der Waals surface area contributed by atoms with Crippen LogP contribution in [0.1, 0.15) is 88.0 Å². The molecule has 0 aromatic carbocycles. The Morgan fingerprint density at radius 1 is 0.633 bits per heavy atom. The van der Waals surface area contributed by atoms with Gasteiger partial charge in [0.25, 0.3) is 0 Å². The summed E-state index contributed by atoms with van der Waals surface area (Å²) in [5, 5.41) is 9.09. The van der Waals surface area contributed by atoms with Gasteiger partial charge < -0.3 is 19.3 Å². The molecule has 8 heteroatoms. The van der Waals surface area contributed by atoms with Gasteiger partial charge in [0, 0.05) is 12.8 Å². The van der Waals surface area contributed by atoms with E-state index in [1.807, 2.05) is 0 Å². The monoisotopic (exact) mass is 430 g/mol. The molecule has 0 saturated heterocycles. The molecule has 0 aliphatic rings. The number of carboxylic acid groups (broad SMARTS) is 1. The lowest BCUT2D eigenvalue weighted by Gasteiger charge is -2.30. The molecule has 0 saturated carbocycles. The van der Waals surface area contributed by atoms with E-state index in [2.05, 4.69) is 0 Å². The quantitative estimate of drug-likeness (QED) is 0.432. The lowest BCUT2D eigenvalue weighted by molar-refractivity contribution is -0.175. The number of rotatable bonds is 9. The summed E-state index contributed by atoms with van der Waals surface area (Å²) in [6.07, 6.45) is -0.570. The van der Waals surface area contributed by atoms with Crippen molar-refractivity contribution in [2.75, 3.05) is 0 Å². The molecule has 1 N–H and O–H groups in total. The van der Waals surface area contributed by atoms with Crippen LogP contribution in [0.15, 0.2) is 0 Å². The first-order chi connectivity index (χ1) is 13.3. The highest BCUT2D eigenvalue weighted by atomic mass is 16.6. The molecular formula is C22H38O8. The van der Waals surface area contributed by atoms with Crippen LogP contribution in [0.5, 0.6) is 0 Å². The molecular weight excluding hydrogens is 392 g/mol. The second-order valence-electron chi connectivity index (χ2n) is 10.3. The average Bonchev–Trinajstić information content (AvgIpc) is 2.44. The largest absolute Gasteiger partial charge is 0.481 e. The normalized spacial score (nSPS) is 14.4. The summed E-state index contributed by atoms with van der Waals surface area (Å²) in [7, 11) is 0. The maximum atomic E-state index is 12.9. The van der Waals surface area contributed by atoms with Crippen LogP contribution in [-0.4, -0.2) is 45.8 Å². The fourth-order valence-electron chi connectivity index (χ4n) is 2.67. The van der Waals surface area contributed by atoms with Crippen molar-refractivity contribution in [3.8, 4) is 0 Å². The second kappa shape index (κ2) is 10.8. The van der Waals surface area contributed by atoms with Gasteiger partial charge in [0.2, 0.25) is 0 Å². The molecule has 0 radical (unpaired) electrons. The van der Waals surface area contributed by atoms with E-state index in [9.17, 15) is 19.2 Å². The Bertz CT molecular complexity index is 617. The Hall–Kier alpha value is -2.12. The number of carboxylic acids is 1. The molecule has 0 fully saturated rings. The van der Waals surface area contributed by atoms with Gasteiger partial charge in [-0.1, -0.05) is 0 Å². The summed E-state index contributed by atoms with van der Waals surface area (Å²) in [4.78, 5) is 49.0. The number of carbonyl (C=O) groups excluding carboxylic acids is 3. The fourth-order valence-corrected chi connectivity index (χ4v) is 2.67. The fraction of sp³-hybridized carbons (Fsp3) is 0.818. The topological polar surface area (TPSA) is 116 Å². The van der Waals surface area contributed by atoms with Crippen molar-refractivity contribution >= 4 is 23.9 Å². The van der Waals surface area contributed by atoms with Crippen molar-refractivity contribution in [3.63, 3.8) is 0 Å². The number of esters is 3. The van der Waals surface area contributed by atoms with E-state index in [1.165, 1.54) is 0 Å². The molecule has 30 heavy (non-hydrogen) atoms. The Morgan fingerprint density at radius 2 is 0.967 bits per heavy atom. The van der Waals surface area contributed by atoms with Crippen LogP contribution in [0.4, 0.5) is 0 Å². The van der Waals surface area contributed by atoms with Gasteiger partial charge in [-0.3, -0.25) is 19.2 Å². The van der Waals surface area contributed by atoms with Gasteiger partial charge in [-0.2, -0.15) is 0 Å². The summed E-state index contributed by atoms with van der Waals surface area (Å²) < 4.78 is 16.2. The summed E-state index contributed by atoms with van der Waals surface area (Å²) in [5.41, 5.74) is -2.32. The third-order valence-corrected chi connectivity index (χ3v) is 3.65. The minimum atomic E-state index is -1.10. The van der Waals surface area contributed by atoms with Crippen LogP contribution in [0.2, 0.25) is 0 Å². The van der Waals surface area contributed by atoms with Crippen molar-refractivity contribution < 1.29 is 38.5 Å². The highest BCUT2D eigenvalue weighted by molar-refractivity contribution is 5.83. The zero-order valence-corrected chi connectivity index (χ0v) is 19.8. The Balaban J connectivity index is 5.75. The lowest BCUT2D eigenvalue weighted by atomic mass is 9.84. The molecule has 8 nitrogen and oxygen atoms in total. The number of ether oxygens (including phenoxy) is 3. The van der Waals surface area contributed by atoms with E-state index in [4.69, 9.17) is 19.3 Å². The third-order valence-electron chi connectivity index (χ3n) is 3.65. The van der Waals surface area contributed by atoms with Gasteiger partial charge in [0.05, 0.1) is 11.8 Å². The number of hydrogen-bond acceptors (Lipinski definition) is 7. The molecule has 0 bridgehead atoms. The molecule has 174 valence electrons. The van der Waals surface area contributed by atoms with Gasteiger partial charge in [-0.25, -0.2) is 0 Å². The minimum Gasteiger partial charge on any atom is -0.481 e. The summed E-state index contributed by atoms with van der Waals surface area (Å²) >= 11 is 0. The Kier molecular flexibility index (Phi) is 10.0. The molecule has 0 aliphatic heterocycles. The Labute approximate surface area is 179 Å². The van der Waals surface area contributed by atoms with Crippen LogP contribution in [0, 0.1) is 11.8 Å². The standard InChI is InChI=1S/C22H38O8/c1-20(2,3)28-17(25)13-11-15(19(27)30-22(7,8)9)14(10-12-16(23)24)18(26)29-21(4,5)6/h14-15H,10-13H2,1-9H3,(H,23,24)/t14-,15+/m0/s1. The maximum Gasteiger partial charge on any atom is 0.310 e. The van der Waals surface area contributed by atoms with Crippen molar-refractivity contribution in [3.05, 3.63) is 0 Å². The lowest BCUT2D eigenvalue weighted by Crippen LogP contribution is -2.39. The van der Waals surface area contributed by atoms with Crippen molar-refractivity contribution in [1.29, 1.82) is 0 Å². The molecule has 0 amide bonds. The average molecular weight is 431 g/mol. The number of aliphatic carboxylic acids is 1. The zero-order chi connectivity index (χ0) is 23.9. The van der Waals surface area contributed by atoms with Crippen molar-refractivity contribution in [2.24, 2.45) is 11.8 Å².